The number of rotatable bonds is 4. The lowest BCUT2D eigenvalue weighted by Crippen LogP contribution is -2.10. The molecule has 2 unspecified atom stereocenters. The fraction of sp³-hybridized carbons (Fsp3) is 0.500. The maximum absolute atomic E-state index is 6.09. The minimum Gasteiger partial charge on any atom is -0.495 e. The molecule has 1 N–H and O–H groups in total. The van der Waals surface area contributed by atoms with Crippen molar-refractivity contribution in [1.82, 2.24) is 5.32 Å². The zero-order chi connectivity index (χ0) is 10.8. The third kappa shape index (κ3) is 2.27. The van der Waals surface area contributed by atoms with Crippen LogP contribution in [0.25, 0.3) is 0 Å². The lowest BCUT2D eigenvalue weighted by atomic mass is 10.1. The zero-order valence-electron chi connectivity index (χ0n) is 9.09. The molecular weight excluding hydrogens is 210 g/mol. The molecule has 1 saturated carbocycles. The van der Waals surface area contributed by atoms with Gasteiger partial charge in [-0.2, -0.15) is 0 Å². The van der Waals surface area contributed by atoms with Crippen LogP contribution in [-0.2, 0) is 0 Å². The second kappa shape index (κ2) is 4.42. The van der Waals surface area contributed by atoms with Crippen molar-refractivity contribution < 1.29 is 4.74 Å². The molecule has 0 bridgehead atoms. The summed E-state index contributed by atoms with van der Waals surface area (Å²) in [6, 6.07) is 6.10. The second-order valence-corrected chi connectivity index (χ2v) is 4.46. The molecule has 1 aliphatic carbocycles. The van der Waals surface area contributed by atoms with E-state index >= 15 is 0 Å². The van der Waals surface area contributed by atoms with Crippen LogP contribution >= 0.6 is 11.6 Å². The predicted molar refractivity (Wildman–Crippen MR) is 62.8 cm³/mol. The summed E-state index contributed by atoms with van der Waals surface area (Å²) in [4.78, 5) is 0. The van der Waals surface area contributed by atoms with E-state index < -0.39 is 0 Å². The lowest BCUT2D eigenvalue weighted by molar-refractivity contribution is 0.415. The van der Waals surface area contributed by atoms with Crippen molar-refractivity contribution in [2.45, 2.75) is 12.3 Å². The molecule has 15 heavy (non-hydrogen) atoms. The third-order valence-corrected chi connectivity index (χ3v) is 3.29. The fourth-order valence-corrected chi connectivity index (χ4v) is 2.32. The number of nitrogens with one attached hydrogen (secondary N) is 1. The summed E-state index contributed by atoms with van der Waals surface area (Å²) in [5.41, 5.74) is 1.33. The van der Waals surface area contributed by atoms with Crippen molar-refractivity contribution in [2.24, 2.45) is 5.92 Å². The SMILES string of the molecule is CNCC1CC1c1ccc(OC)c(Cl)c1. The van der Waals surface area contributed by atoms with Crippen LogP contribution in [0.4, 0.5) is 0 Å². The molecule has 1 aliphatic rings. The number of hydrogen-bond donors (Lipinski definition) is 1. The van der Waals surface area contributed by atoms with Crippen molar-refractivity contribution >= 4 is 11.6 Å². The molecule has 0 amide bonds. The standard InChI is InChI=1S/C12H16ClNO/c1-14-7-9-5-10(9)8-3-4-12(15-2)11(13)6-8/h3-4,6,9-10,14H,5,7H2,1-2H3. The van der Waals surface area contributed by atoms with E-state index in [4.69, 9.17) is 16.3 Å². The first-order chi connectivity index (χ1) is 7.26. The Morgan fingerprint density at radius 1 is 1.53 bits per heavy atom. The summed E-state index contributed by atoms with van der Waals surface area (Å²) in [5, 5.41) is 3.92. The van der Waals surface area contributed by atoms with Crippen molar-refractivity contribution in [1.29, 1.82) is 0 Å². The van der Waals surface area contributed by atoms with Gasteiger partial charge in [0.1, 0.15) is 5.75 Å². The molecule has 1 aromatic rings. The van der Waals surface area contributed by atoms with E-state index in [0.717, 1.165) is 18.2 Å². The first kappa shape index (κ1) is 10.8. The molecule has 0 spiro atoms. The largest absolute Gasteiger partial charge is 0.495 e. The topological polar surface area (TPSA) is 21.3 Å². The number of halogens is 1. The Balaban J connectivity index is 2.08. The van der Waals surface area contributed by atoms with Crippen molar-refractivity contribution in [2.75, 3.05) is 20.7 Å². The lowest BCUT2D eigenvalue weighted by Gasteiger charge is -2.05. The first-order valence-electron chi connectivity index (χ1n) is 5.24. The summed E-state index contributed by atoms with van der Waals surface area (Å²) in [6.07, 6.45) is 1.27. The van der Waals surface area contributed by atoms with Crippen LogP contribution < -0.4 is 10.1 Å². The summed E-state index contributed by atoms with van der Waals surface area (Å²) >= 11 is 6.09. The number of ether oxygens (including phenoxy) is 1. The van der Waals surface area contributed by atoms with Gasteiger partial charge in [0.25, 0.3) is 0 Å². The van der Waals surface area contributed by atoms with E-state index in [1.54, 1.807) is 7.11 Å². The van der Waals surface area contributed by atoms with Gasteiger partial charge in [0, 0.05) is 0 Å². The van der Waals surface area contributed by atoms with E-state index in [1.807, 2.05) is 19.2 Å². The number of methoxy groups -OCH3 is 1. The van der Waals surface area contributed by atoms with Gasteiger partial charge in [0.05, 0.1) is 12.1 Å². The Hall–Kier alpha value is -0.730. The average molecular weight is 226 g/mol. The summed E-state index contributed by atoms with van der Waals surface area (Å²) in [6.45, 7) is 1.09. The highest BCUT2D eigenvalue weighted by Crippen LogP contribution is 2.48. The Morgan fingerprint density at radius 3 is 2.93 bits per heavy atom. The van der Waals surface area contributed by atoms with Crippen LogP contribution in [0.2, 0.25) is 5.02 Å². The van der Waals surface area contributed by atoms with Gasteiger partial charge in [-0.15, -0.1) is 0 Å². The van der Waals surface area contributed by atoms with Gasteiger partial charge < -0.3 is 10.1 Å². The molecule has 1 aromatic carbocycles. The molecule has 0 heterocycles. The monoisotopic (exact) mass is 225 g/mol. The highest BCUT2D eigenvalue weighted by Gasteiger charge is 2.37. The van der Waals surface area contributed by atoms with Gasteiger partial charge in [0.2, 0.25) is 0 Å². The van der Waals surface area contributed by atoms with Gasteiger partial charge in [0.15, 0.2) is 0 Å². The second-order valence-electron chi connectivity index (χ2n) is 4.05. The quantitative estimate of drug-likeness (QED) is 0.851. The van der Waals surface area contributed by atoms with Gasteiger partial charge >= 0.3 is 0 Å². The Labute approximate surface area is 95.6 Å². The molecule has 0 radical (unpaired) electrons. The minimum atomic E-state index is 0.681. The molecule has 0 aromatic heterocycles. The van der Waals surface area contributed by atoms with Crippen LogP contribution in [0, 0.1) is 5.92 Å². The van der Waals surface area contributed by atoms with Gasteiger partial charge in [-0.05, 0) is 49.5 Å². The van der Waals surface area contributed by atoms with Crippen molar-refractivity contribution in [3.05, 3.63) is 28.8 Å². The highest BCUT2D eigenvalue weighted by atomic mass is 35.5. The molecule has 2 atom stereocenters. The number of benzene rings is 1. The molecular formula is C12H16ClNO. The molecule has 0 saturated heterocycles. The maximum Gasteiger partial charge on any atom is 0.137 e. The third-order valence-electron chi connectivity index (χ3n) is 2.99. The Morgan fingerprint density at radius 2 is 2.33 bits per heavy atom. The van der Waals surface area contributed by atoms with E-state index in [2.05, 4.69) is 11.4 Å². The van der Waals surface area contributed by atoms with E-state index in [-0.39, 0.29) is 0 Å². The van der Waals surface area contributed by atoms with Crippen LogP contribution in [0.15, 0.2) is 18.2 Å². The van der Waals surface area contributed by atoms with Gasteiger partial charge in [-0.3, -0.25) is 0 Å². The smallest absolute Gasteiger partial charge is 0.137 e. The maximum atomic E-state index is 6.09. The summed E-state index contributed by atoms with van der Waals surface area (Å²) in [5.74, 6) is 2.21. The van der Waals surface area contributed by atoms with Crippen LogP contribution in [0.5, 0.6) is 5.75 Å². The number of hydrogen-bond acceptors (Lipinski definition) is 2. The molecule has 0 aliphatic heterocycles. The van der Waals surface area contributed by atoms with Gasteiger partial charge in [-0.1, -0.05) is 17.7 Å². The Bertz CT molecular complexity index is 353. The minimum absolute atomic E-state index is 0.681. The normalized spacial score (nSPS) is 23.9. The molecule has 82 valence electrons. The zero-order valence-corrected chi connectivity index (χ0v) is 9.84. The molecule has 2 nitrogen and oxygen atoms in total. The van der Waals surface area contributed by atoms with Crippen molar-refractivity contribution in [3.63, 3.8) is 0 Å². The average Bonchev–Trinajstić information content (AvgIpc) is 2.98. The molecule has 3 heteroatoms. The predicted octanol–water partition coefficient (Wildman–Crippen LogP) is 2.67. The molecule has 1 fully saturated rings. The summed E-state index contributed by atoms with van der Waals surface area (Å²) < 4.78 is 5.13. The fourth-order valence-electron chi connectivity index (χ4n) is 2.06. The van der Waals surface area contributed by atoms with Gasteiger partial charge in [-0.25, -0.2) is 0 Å². The Kier molecular flexibility index (Phi) is 3.17. The van der Waals surface area contributed by atoms with E-state index in [1.165, 1.54) is 12.0 Å². The first-order valence-corrected chi connectivity index (χ1v) is 5.62. The van der Waals surface area contributed by atoms with Crippen LogP contribution in [-0.4, -0.2) is 20.7 Å². The van der Waals surface area contributed by atoms with E-state index in [9.17, 15) is 0 Å². The van der Waals surface area contributed by atoms with Crippen LogP contribution in [0.3, 0.4) is 0 Å². The molecule has 2 rings (SSSR count). The van der Waals surface area contributed by atoms with E-state index in [0.29, 0.717) is 10.9 Å². The summed E-state index contributed by atoms with van der Waals surface area (Å²) in [7, 11) is 3.64. The van der Waals surface area contributed by atoms with Crippen LogP contribution in [0.1, 0.15) is 17.9 Å². The highest BCUT2D eigenvalue weighted by molar-refractivity contribution is 6.32. The van der Waals surface area contributed by atoms with Crippen molar-refractivity contribution in [3.8, 4) is 5.75 Å².